The fraction of sp³-hybridized carbons (Fsp3) is 0.250. The zero-order valence-electron chi connectivity index (χ0n) is 9.49. The number of nitrogens with two attached hydrogens (primary N) is 1. The molecule has 0 spiro atoms. The van der Waals surface area contributed by atoms with Crippen LogP contribution in [0.15, 0.2) is 17.0 Å². The van der Waals surface area contributed by atoms with Crippen molar-refractivity contribution in [1.29, 1.82) is 0 Å². The summed E-state index contributed by atoms with van der Waals surface area (Å²) < 4.78 is 30.4. The maximum Gasteiger partial charge on any atom is 1.00 e. The SMILES string of the molecule is CCc1cc(N)c(S(=O)(=O)O)cc1Cl.[H-].[Na+]. The number of nitrogen functional groups attached to an aromatic ring is 1. The summed E-state index contributed by atoms with van der Waals surface area (Å²) in [6.07, 6.45) is 0.648. The van der Waals surface area contributed by atoms with Crippen molar-refractivity contribution < 1.29 is 44.0 Å². The van der Waals surface area contributed by atoms with Crippen LogP contribution in [-0.2, 0) is 16.5 Å². The van der Waals surface area contributed by atoms with Crippen LogP contribution in [0.3, 0.4) is 0 Å². The summed E-state index contributed by atoms with van der Waals surface area (Å²) in [5, 5.41) is 0.286. The van der Waals surface area contributed by atoms with Gasteiger partial charge in [0.1, 0.15) is 4.90 Å². The largest absolute Gasteiger partial charge is 1.00 e. The second-order valence-electron chi connectivity index (χ2n) is 2.81. The molecule has 4 nitrogen and oxygen atoms in total. The van der Waals surface area contributed by atoms with E-state index in [4.69, 9.17) is 21.9 Å². The Hall–Kier alpha value is 0.220. The van der Waals surface area contributed by atoms with Gasteiger partial charge in [-0.25, -0.2) is 0 Å². The van der Waals surface area contributed by atoms with Crippen molar-refractivity contribution in [2.75, 3.05) is 5.73 Å². The Bertz CT molecular complexity index is 467. The summed E-state index contributed by atoms with van der Waals surface area (Å²) in [5.74, 6) is 0. The molecule has 0 aliphatic heterocycles. The minimum absolute atomic E-state index is 0. The average Bonchev–Trinajstić information content (AvgIpc) is 2.06. The monoisotopic (exact) mass is 259 g/mol. The van der Waals surface area contributed by atoms with Gasteiger partial charge < -0.3 is 7.16 Å². The summed E-state index contributed by atoms with van der Waals surface area (Å²) in [7, 11) is -4.29. The molecule has 0 aliphatic carbocycles. The minimum Gasteiger partial charge on any atom is -1.00 e. The molecule has 0 bridgehead atoms. The normalized spacial score (nSPS) is 10.9. The van der Waals surface area contributed by atoms with Gasteiger partial charge in [0, 0.05) is 5.02 Å². The molecule has 1 aromatic rings. The molecular weight excluding hydrogens is 249 g/mol. The molecule has 0 saturated heterocycles. The second-order valence-corrected chi connectivity index (χ2v) is 4.61. The summed E-state index contributed by atoms with van der Waals surface area (Å²) in [4.78, 5) is -0.347. The average molecular weight is 260 g/mol. The van der Waals surface area contributed by atoms with Gasteiger partial charge in [0.05, 0.1) is 5.69 Å². The predicted octanol–water partition coefficient (Wildman–Crippen LogP) is -1.15. The van der Waals surface area contributed by atoms with Crippen molar-refractivity contribution in [1.82, 2.24) is 0 Å². The molecule has 7 heteroatoms. The van der Waals surface area contributed by atoms with Crippen LogP contribution in [0.2, 0.25) is 5.02 Å². The number of anilines is 1. The van der Waals surface area contributed by atoms with Gasteiger partial charge in [-0.1, -0.05) is 18.5 Å². The molecule has 1 rings (SSSR count). The second kappa shape index (κ2) is 5.52. The molecule has 15 heavy (non-hydrogen) atoms. The third kappa shape index (κ3) is 3.62. The predicted molar refractivity (Wildman–Crippen MR) is 56.2 cm³/mol. The first-order valence-corrected chi connectivity index (χ1v) is 5.73. The number of aryl methyl sites for hydroxylation is 1. The van der Waals surface area contributed by atoms with Gasteiger partial charge in [-0.3, -0.25) is 4.55 Å². The maximum atomic E-state index is 10.8. The van der Waals surface area contributed by atoms with Crippen LogP contribution in [0.5, 0.6) is 0 Å². The summed E-state index contributed by atoms with van der Waals surface area (Å²) in [6, 6.07) is 2.61. The number of benzene rings is 1. The number of halogens is 1. The number of hydrogen-bond donors (Lipinski definition) is 2. The van der Waals surface area contributed by atoms with E-state index in [9.17, 15) is 8.42 Å². The summed E-state index contributed by atoms with van der Waals surface area (Å²) in [5.41, 5.74) is 6.21. The van der Waals surface area contributed by atoms with Crippen molar-refractivity contribution in [3.8, 4) is 0 Å². The minimum atomic E-state index is -4.29. The standard InChI is InChI=1S/C8H10ClNO3S.Na.H/c1-2-5-3-7(10)8(4-6(5)9)14(11,12)13;;/h3-4H,2,10H2,1H3,(H,11,12,13);;/q;+1;-1. The Morgan fingerprint density at radius 3 is 2.47 bits per heavy atom. The van der Waals surface area contributed by atoms with Gasteiger partial charge in [-0.15, -0.1) is 0 Å². The van der Waals surface area contributed by atoms with Crippen LogP contribution in [-0.4, -0.2) is 13.0 Å². The van der Waals surface area contributed by atoms with Gasteiger partial charge >= 0.3 is 29.6 Å². The zero-order chi connectivity index (χ0) is 10.9. The van der Waals surface area contributed by atoms with E-state index in [1.54, 1.807) is 0 Å². The fourth-order valence-corrected chi connectivity index (χ4v) is 2.10. The number of hydrogen-bond acceptors (Lipinski definition) is 3. The molecule has 0 aromatic heterocycles. The van der Waals surface area contributed by atoms with Crippen LogP contribution >= 0.6 is 11.6 Å². The molecule has 0 saturated carbocycles. The molecule has 0 unspecified atom stereocenters. The van der Waals surface area contributed by atoms with Crippen LogP contribution in [0.25, 0.3) is 0 Å². The van der Waals surface area contributed by atoms with Gasteiger partial charge in [-0.05, 0) is 24.1 Å². The zero-order valence-corrected chi connectivity index (χ0v) is 12.1. The third-order valence-corrected chi connectivity index (χ3v) is 3.10. The summed E-state index contributed by atoms with van der Waals surface area (Å²) in [6.45, 7) is 1.87. The van der Waals surface area contributed by atoms with Crippen molar-refractivity contribution in [2.45, 2.75) is 18.2 Å². The number of rotatable bonds is 2. The van der Waals surface area contributed by atoms with Gasteiger partial charge in [0.25, 0.3) is 10.1 Å². The molecule has 0 radical (unpaired) electrons. The Kier molecular flexibility index (Phi) is 5.60. The van der Waals surface area contributed by atoms with Crippen molar-refractivity contribution in [2.24, 2.45) is 0 Å². The van der Waals surface area contributed by atoms with Gasteiger partial charge in [-0.2, -0.15) is 8.42 Å². The molecular formula is C8H11ClNNaO3S. The quantitative estimate of drug-likeness (QED) is 0.399. The van der Waals surface area contributed by atoms with Crippen molar-refractivity contribution in [3.63, 3.8) is 0 Å². The van der Waals surface area contributed by atoms with E-state index in [0.717, 1.165) is 11.6 Å². The van der Waals surface area contributed by atoms with E-state index < -0.39 is 10.1 Å². The Labute approximate surface area is 117 Å². The molecule has 0 amide bonds. The smallest absolute Gasteiger partial charge is 1.00 e. The summed E-state index contributed by atoms with van der Waals surface area (Å²) >= 11 is 5.78. The molecule has 0 fully saturated rings. The van der Waals surface area contributed by atoms with E-state index in [2.05, 4.69) is 0 Å². The van der Waals surface area contributed by atoms with E-state index in [1.807, 2.05) is 6.92 Å². The fourth-order valence-electron chi connectivity index (χ4n) is 1.11. The molecule has 1 aromatic carbocycles. The van der Waals surface area contributed by atoms with Crippen LogP contribution < -0.4 is 35.3 Å². The first-order chi connectivity index (χ1) is 6.36. The van der Waals surface area contributed by atoms with Crippen LogP contribution in [0.1, 0.15) is 13.9 Å². The van der Waals surface area contributed by atoms with Gasteiger partial charge in [0.2, 0.25) is 0 Å². The first kappa shape index (κ1) is 15.2. The molecule has 0 heterocycles. The molecule has 0 atom stereocenters. The maximum absolute atomic E-state index is 10.8. The Morgan fingerprint density at radius 1 is 1.53 bits per heavy atom. The van der Waals surface area contributed by atoms with Crippen LogP contribution in [0.4, 0.5) is 5.69 Å². The van der Waals surface area contributed by atoms with E-state index in [1.165, 1.54) is 6.07 Å². The van der Waals surface area contributed by atoms with E-state index in [0.29, 0.717) is 6.42 Å². The topological polar surface area (TPSA) is 80.4 Å². The van der Waals surface area contributed by atoms with Crippen molar-refractivity contribution >= 4 is 27.4 Å². The van der Waals surface area contributed by atoms with Crippen LogP contribution in [0, 0.1) is 0 Å². The van der Waals surface area contributed by atoms with Gasteiger partial charge in [0.15, 0.2) is 0 Å². The Balaban J connectivity index is 0. The Morgan fingerprint density at radius 2 is 2.07 bits per heavy atom. The molecule has 3 N–H and O–H groups in total. The third-order valence-electron chi connectivity index (χ3n) is 1.84. The first-order valence-electron chi connectivity index (χ1n) is 3.91. The van der Waals surface area contributed by atoms with Crippen molar-refractivity contribution in [3.05, 3.63) is 22.7 Å². The van der Waals surface area contributed by atoms with E-state index >= 15 is 0 Å². The van der Waals surface area contributed by atoms with E-state index in [-0.39, 0.29) is 46.6 Å². The molecule has 80 valence electrons. The molecule has 0 aliphatic rings.